The van der Waals surface area contributed by atoms with Gasteiger partial charge in [0.05, 0.1) is 25.2 Å². The molecule has 2 amide bonds. The number of anilines is 1. The number of amides is 2. The lowest BCUT2D eigenvalue weighted by atomic mass is 9.84. The van der Waals surface area contributed by atoms with Crippen LogP contribution in [0.3, 0.4) is 0 Å². The van der Waals surface area contributed by atoms with Gasteiger partial charge in [0.15, 0.2) is 5.13 Å². The normalized spacial score (nSPS) is 27.3. The van der Waals surface area contributed by atoms with Crippen LogP contribution in [0.4, 0.5) is 5.13 Å². The Morgan fingerprint density at radius 2 is 2.17 bits per heavy atom. The Kier molecular flexibility index (Phi) is 5.80. The predicted molar refractivity (Wildman–Crippen MR) is 89.6 cm³/mol. The van der Waals surface area contributed by atoms with Crippen molar-refractivity contribution in [1.82, 2.24) is 10.3 Å². The molecule has 2 aliphatic rings. The van der Waals surface area contributed by atoms with Gasteiger partial charge in [-0.15, -0.1) is 11.3 Å². The molecule has 24 heavy (non-hydrogen) atoms. The Morgan fingerprint density at radius 3 is 2.79 bits per heavy atom. The zero-order valence-corrected chi connectivity index (χ0v) is 14.3. The summed E-state index contributed by atoms with van der Waals surface area (Å²) in [6.07, 6.45) is 5.54. The summed E-state index contributed by atoms with van der Waals surface area (Å²) < 4.78 is 5.83. The molecule has 1 saturated heterocycles. The van der Waals surface area contributed by atoms with Crippen LogP contribution in [0.1, 0.15) is 38.5 Å². The molecule has 3 atom stereocenters. The zero-order valence-electron chi connectivity index (χ0n) is 13.4. The van der Waals surface area contributed by atoms with E-state index < -0.39 is 6.10 Å². The minimum Gasteiger partial charge on any atom is -0.394 e. The van der Waals surface area contributed by atoms with Crippen molar-refractivity contribution in [1.29, 1.82) is 0 Å². The van der Waals surface area contributed by atoms with E-state index in [1.54, 1.807) is 11.6 Å². The molecule has 2 heterocycles. The fraction of sp³-hybridized carbons (Fsp3) is 0.688. The molecule has 2 fully saturated rings. The molecular formula is C16H23N3O4S. The third-order valence-corrected chi connectivity index (χ3v) is 5.38. The van der Waals surface area contributed by atoms with E-state index in [0.717, 1.165) is 19.3 Å². The Bertz CT molecular complexity index is 562. The summed E-state index contributed by atoms with van der Waals surface area (Å²) in [7, 11) is 0. The van der Waals surface area contributed by atoms with Crippen molar-refractivity contribution >= 4 is 28.3 Å². The van der Waals surface area contributed by atoms with E-state index in [-0.39, 0.29) is 42.9 Å². The minimum atomic E-state index is -0.458. The van der Waals surface area contributed by atoms with Crippen LogP contribution < -0.4 is 10.6 Å². The van der Waals surface area contributed by atoms with Crippen LogP contribution in [0.2, 0.25) is 0 Å². The fourth-order valence-corrected chi connectivity index (χ4v) is 3.63. The number of carbonyl (C=O) groups excluding carboxylic acids is 2. The molecule has 1 aliphatic carbocycles. The number of ether oxygens (including phenoxy) is 1. The first-order chi connectivity index (χ1) is 11.7. The summed E-state index contributed by atoms with van der Waals surface area (Å²) in [5.41, 5.74) is 0. The monoisotopic (exact) mass is 353 g/mol. The smallest absolute Gasteiger partial charge is 0.228 e. The Balaban J connectivity index is 1.46. The largest absolute Gasteiger partial charge is 0.394 e. The van der Waals surface area contributed by atoms with Crippen molar-refractivity contribution in [3.05, 3.63) is 11.6 Å². The summed E-state index contributed by atoms with van der Waals surface area (Å²) in [6.45, 7) is -0.166. The molecular weight excluding hydrogens is 330 g/mol. The lowest BCUT2D eigenvalue weighted by molar-refractivity contribution is -0.137. The van der Waals surface area contributed by atoms with Crippen LogP contribution in [-0.4, -0.2) is 46.8 Å². The van der Waals surface area contributed by atoms with Gasteiger partial charge in [-0.05, 0) is 25.7 Å². The van der Waals surface area contributed by atoms with Crippen molar-refractivity contribution in [2.45, 2.75) is 56.8 Å². The Morgan fingerprint density at radius 1 is 1.33 bits per heavy atom. The predicted octanol–water partition coefficient (Wildman–Crippen LogP) is 1.30. The lowest BCUT2D eigenvalue weighted by Crippen LogP contribution is -2.53. The van der Waals surface area contributed by atoms with Crippen LogP contribution in [0.25, 0.3) is 0 Å². The fourth-order valence-electron chi connectivity index (χ4n) is 3.08. The highest BCUT2D eigenvalue weighted by molar-refractivity contribution is 7.13. The maximum absolute atomic E-state index is 12.1. The Labute approximate surface area is 144 Å². The molecule has 0 unspecified atom stereocenters. The second-order valence-electron chi connectivity index (χ2n) is 6.39. The van der Waals surface area contributed by atoms with E-state index in [4.69, 9.17) is 4.74 Å². The van der Waals surface area contributed by atoms with Gasteiger partial charge in [-0.1, -0.05) is 6.42 Å². The van der Waals surface area contributed by atoms with E-state index in [9.17, 15) is 14.7 Å². The van der Waals surface area contributed by atoms with Gasteiger partial charge in [0.25, 0.3) is 0 Å². The molecule has 1 aromatic heterocycles. The number of thiazole rings is 1. The number of nitrogens with zero attached hydrogens (tertiary/aromatic N) is 1. The molecule has 3 rings (SSSR count). The van der Waals surface area contributed by atoms with Gasteiger partial charge in [0, 0.05) is 17.5 Å². The number of aromatic nitrogens is 1. The number of aliphatic hydroxyl groups is 1. The van der Waals surface area contributed by atoms with Crippen molar-refractivity contribution in [3.8, 4) is 0 Å². The van der Waals surface area contributed by atoms with E-state index in [2.05, 4.69) is 15.6 Å². The third kappa shape index (κ3) is 4.31. The van der Waals surface area contributed by atoms with Crippen molar-refractivity contribution in [2.24, 2.45) is 5.92 Å². The molecule has 8 heteroatoms. The molecule has 1 aliphatic heterocycles. The second kappa shape index (κ2) is 8.04. The van der Waals surface area contributed by atoms with Gasteiger partial charge >= 0.3 is 0 Å². The van der Waals surface area contributed by atoms with Gasteiger partial charge in [-0.3, -0.25) is 9.59 Å². The first-order valence-electron chi connectivity index (χ1n) is 8.41. The molecule has 0 bridgehead atoms. The molecule has 132 valence electrons. The molecule has 1 saturated carbocycles. The number of aliphatic hydroxyl groups excluding tert-OH is 1. The maximum Gasteiger partial charge on any atom is 0.228 e. The first kappa shape index (κ1) is 17.3. The van der Waals surface area contributed by atoms with Gasteiger partial charge in [0.2, 0.25) is 11.8 Å². The first-order valence-corrected chi connectivity index (χ1v) is 9.29. The SMILES string of the molecule is O=C(C[C@H]1CC[C@@H](NC(=O)C2CCC2)[C@H](CO)O1)Nc1nccs1. The van der Waals surface area contributed by atoms with Gasteiger partial charge in [-0.2, -0.15) is 0 Å². The molecule has 0 radical (unpaired) electrons. The quantitative estimate of drug-likeness (QED) is 0.716. The molecule has 0 spiro atoms. The maximum atomic E-state index is 12.1. The molecule has 1 aromatic rings. The average Bonchev–Trinajstić information content (AvgIpc) is 2.99. The number of carbonyl (C=O) groups is 2. The number of nitrogens with one attached hydrogen (secondary N) is 2. The number of hydrogen-bond donors (Lipinski definition) is 3. The molecule has 3 N–H and O–H groups in total. The standard InChI is InChI=1S/C16H23N3O4S/c20-9-13-12(18-15(22)10-2-1-3-10)5-4-11(23-13)8-14(21)19-16-17-6-7-24-16/h6-7,10-13,20H,1-5,8-9H2,(H,18,22)(H,17,19,21)/t11-,12-,13+/m1/s1. The summed E-state index contributed by atoms with van der Waals surface area (Å²) in [5, 5.41) is 17.7. The van der Waals surface area contributed by atoms with E-state index in [0.29, 0.717) is 18.0 Å². The highest BCUT2D eigenvalue weighted by atomic mass is 32.1. The summed E-state index contributed by atoms with van der Waals surface area (Å²) in [4.78, 5) is 28.1. The summed E-state index contributed by atoms with van der Waals surface area (Å²) >= 11 is 1.36. The number of rotatable bonds is 6. The van der Waals surface area contributed by atoms with Crippen molar-refractivity contribution in [2.75, 3.05) is 11.9 Å². The molecule has 0 aromatic carbocycles. The van der Waals surface area contributed by atoms with Gasteiger partial charge < -0.3 is 20.5 Å². The topological polar surface area (TPSA) is 101 Å². The number of hydrogen-bond acceptors (Lipinski definition) is 6. The van der Waals surface area contributed by atoms with Crippen LogP contribution >= 0.6 is 11.3 Å². The van der Waals surface area contributed by atoms with Crippen LogP contribution in [0.5, 0.6) is 0 Å². The summed E-state index contributed by atoms with van der Waals surface area (Å²) in [5.74, 6) is 0.0306. The lowest BCUT2D eigenvalue weighted by Gasteiger charge is -2.37. The van der Waals surface area contributed by atoms with Crippen LogP contribution in [-0.2, 0) is 14.3 Å². The Hall–Kier alpha value is -1.51. The van der Waals surface area contributed by atoms with Crippen molar-refractivity contribution < 1.29 is 19.4 Å². The highest BCUT2D eigenvalue weighted by Crippen LogP contribution is 2.28. The zero-order chi connectivity index (χ0) is 16.9. The molecule has 7 nitrogen and oxygen atoms in total. The van der Waals surface area contributed by atoms with Gasteiger partial charge in [-0.25, -0.2) is 4.98 Å². The van der Waals surface area contributed by atoms with E-state index in [1.165, 1.54) is 11.3 Å². The summed E-state index contributed by atoms with van der Waals surface area (Å²) in [6, 6.07) is -0.179. The van der Waals surface area contributed by atoms with Gasteiger partial charge in [0.1, 0.15) is 6.10 Å². The van der Waals surface area contributed by atoms with E-state index >= 15 is 0 Å². The average molecular weight is 353 g/mol. The van der Waals surface area contributed by atoms with Crippen molar-refractivity contribution in [3.63, 3.8) is 0 Å². The third-order valence-electron chi connectivity index (χ3n) is 4.69. The minimum absolute atomic E-state index is 0.0632. The second-order valence-corrected chi connectivity index (χ2v) is 7.28. The van der Waals surface area contributed by atoms with E-state index in [1.807, 2.05) is 0 Å². The van der Waals surface area contributed by atoms with Crippen LogP contribution in [0.15, 0.2) is 11.6 Å². The van der Waals surface area contributed by atoms with Crippen LogP contribution in [0, 0.1) is 5.92 Å². The highest BCUT2D eigenvalue weighted by Gasteiger charge is 2.35.